The van der Waals surface area contributed by atoms with Crippen molar-refractivity contribution in [3.05, 3.63) is 35.4 Å². The molecule has 1 atom stereocenters. The molecule has 1 aliphatic rings. The van der Waals surface area contributed by atoms with Crippen LogP contribution in [0, 0.1) is 11.6 Å². The monoisotopic (exact) mass is 299 g/mol. The zero-order chi connectivity index (χ0) is 15.4. The summed E-state index contributed by atoms with van der Waals surface area (Å²) in [4.78, 5) is 24.1. The average Bonchev–Trinajstić information content (AvgIpc) is 2.42. The van der Waals surface area contributed by atoms with Gasteiger partial charge in [-0.25, -0.2) is 8.78 Å². The predicted molar refractivity (Wildman–Crippen MR) is 68.6 cm³/mol. The highest BCUT2D eigenvalue weighted by Gasteiger charge is 2.26. The zero-order valence-corrected chi connectivity index (χ0v) is 11.2. The summed E-state index contributed by atoms with van der Waals surface area (Å²) in [6, 6.07) is 3.42. The van der Waals surface area contributed by atoms with Crippen molar-refractivity contribution in [1.82, 2.24) is 4.90 Å². The maximum atomic E-state index is 13.5. The molecule has 0 saturated carbocycles. The van der Waals surface area contributed by atoms with E-state index in [9.17, 15) is 18.4 Å². The largest absolute Gasteiger partial charge is 0.481 e. The van der Waals surface area contributed by atoms with Crippen LogP contribution < -0.4 is 0 Å². The number of amides is 1. The highest BCUT2D eigenvalue weighted by molar-refractivity contribution is 5.79. The summed E-state index contributed by atoms with van der Waals surface area (Å²) < 4.78 is 32.3. The highest BCUT2D eigenvalue weighted by atomic mass is 19.1. The third-order valence-electron chi connectivity index (χ3n) is 3.28. The van der Waals surface area contributed by atoms with E-state index in [2.05, 4.69) is 0 Å². The number of aliphatic carboxylic acids is 1. The lowest BCUT2D eigenvalue weighted by molar-refractivity contribution is -0.147. The van der Waals surface area contributed by atoms with Gasteiger partial charge in [-0.2, -0.15) is 0 Å². The first-order valence-corrected chi connectivity index (χ1v) is 6.51. The Bertz CT molecular complexity index is 530. The molecule has 114 valence electrons. The van der Waals surface area contributed by atoms with Gasteiger partial charge < -0.3 is 14.7 Å². The van der Waals surface area contributed by atoms with E-state index < -0.39 is 36.0 Å². The highest BCUT2D eigenvalue weighted by Crippen LogP contribution is 2.16. The van der Waals surface area contributed by atoms with Gasteiger partial charge in [0.05, 0.1) is 25.6 Å². The van der Waals surface area contributed by atoms with Crippen LogP contribution in [0.1, 0.15) is 12.0 Å². The van der Waals surface area contributed by atoms with Gasteiger partial charge in [0, 0.05) is 18.7 Å². The number of carbonyl (C=O) groups excluding carboxylic acids is 1. The van der Waals surface area contributed by atoms with Crippen LogP contribution in [0.5, 0.6) is 0 Å². The maximum absolute atomic E-state index is 13.5. The fourth-order valence-corrected chi connectivity index (χ4v) is 2.23. The molecular weight excluding hydrogens is 284 g/mol. The van der Waals surface area contributed by atoms with Gasteiger partial charge in [-0.3, -0.25) is 9.59 Å². The quantitative estimate of drug-likeness (QED) is 0.907. The Labute approximate surface area is 120 Å². The third-order valence-corrected chi connectivity index (χ3v) is 3.28. The standard InChI is InChI=1S/C14H15F2NO4/c15-11-2-1-3-12(16)10(11)7-13(18)17-4-5-21-9(8-17)6-14(19)20/h1-3,9H,4-8H2,(H,19,20). The Morgan fingerprint density at radius 3 is 2.62 bits per heavy atom. The van der Waals surface area contributed by atoms with E-state index >= 15 is 0 Å². The Balaban J connectivity index is 2.01. The van der Waals surface area contributed by atoms with Crippen LogP contribution in [0.4, 0.5) is 8.78 Å². The summed E-state index contributed by atoms with van der Waals surface area (Å²) in [6.45, 7) is 0.607. The molecule has 1 N–H and O–H groups in total. The molecule has 21 heavy (non-hydrogen) atoms. The van der Waals surface area contributed by atoms with Gasteiger partial charge >= 0.3 is 5.97 Å². The molecule has 1 saturated heterocycles. The molecule has 2 rings (SSSR count). The van der Waals surface area contributed by atoms with Gasteiger partial charge in [-0.15, -0.1) is 0 Å². The van der Waals surface area contributed by atoms with Gasteiger partial charge in [0.25, 0.3) is 0 Å². The summed E-state index contributed by atoms with van der Waals surface area (Å²) in [5, 5.41) is 8.72. The van der Waals surface area contributed by atoms with Gasteiger partial charge in [-0.05, 0) is 12.1 Å². The Morgan fingerprint density at radius 2 is 2.00 bits per heavy atom. The number of carboxylic acid groups (broad SMARTS) is 1. The Morgan fingerprint density at radius 1 is 1.33 bits per heavy atom. The number of ether oxygens (including phenoxy) is 1. The van der Waals surface area contributed by atoms with E-state index in [1.165, 1.54) is 11.0 Å². The van der Waals surface area contributed by atoms with Gasteiger partial charge in [-0.1, -0.05) is 6.07 Å². The fraction of sp³-hybridized carbons (Fsp3) is 0.429. The minimum Gasteiger partial charge on any atom is -0.481 e. The first kappa shape index (κ1) is 15.4. The number of hydrogen-bond acceptors (Lipinski definition) is 3. The molecule has 0 bridgehead atoms. The van der Waals surface area contributed by atoms with E-state index in [1.54, 1.807) is 0 Å². The van der Waals surface area contributed by atoms with E-state index in [1.807, 2.05) is 0 Å². The van der Waals surface area contributed by atoms with Gasteiger partial charge in [0.1, 0.15) is 11.6 Å². The normalized spacial score (nSPS) is 18.6. The van der Waals surface area contributed by atoms with Crippen LogP contribution >= 0.6 is 0 Å². The Kier molecular flexibility index (Phi) is 4.85. The van der Waals surface area contributed by atoms with Crippen LogP contribution in [0.15, 0.2) is 18.2 Å². The smallest absolute Gasteiger partial charge is 0.306 e. The minimum absolute atomic E-state index is 0.112. The molecule has 0 aliphatic carbocycles. The van der Waals surface area contributed by atoms with E-state index in [-0.39, 0.29) is 31.7 Å². The van der Waals surface area contributed by atoms with E-state index in [0.717, 1.165) is 12.1 Å². The maximum Gasteiger partial charge on any atom is 0.306 e. The van der Waals surface area contributed by atoms with Crippen LogP contribution in [0.2, 0.25) is 0 Å². The molecule has 1 aromatic carbocycles. The Hall–Kier alpha value is -2.02. The van der Waals surface area contributed by atoms with Crippen LogP contribution in [-0.2, 0) is 20.7 Å². The van der Waals surface area contributed by atoms with Gasteiger partial charge in [0.15, 0.2) is 0 Å². The molecule has 1 amide bonds. The lowest BCUT2D eigenvalue weighted by Crippen LogP contribution is -2.46. The molecule has 1 aliphatic heterocycles. The molecule has 7 heteroatoms. The van der Waals surface area contributed by atoms with Crippen LogP contribution in [0.25, 0.3) is 0 Å². The molecule has 1 unspecified atom stereocenters. The lowest BCUT2D eigenvalue weighted by Gasteiger charge is -2.32. The predicted octanol–water partition coefficient (Wildman–Crippen LogP) is 1.21. The number of benzene rings is 1. The van der Waals surface area contributed by atoms with Crippen molar-refractivity contribution < 1.29 is 28.2 Å². The zero-order valence-electron chi connectivity index (χ0n) is 11.2. The SMILES string of the molecule is O=C(O)CC1CN(C(=O)Cc2c(F)cccc2F)CCO1. The molecule has 5 nitrogen and oxygen atoms in total. The van der Waals surface area contributed by atoms with Crippen molar-refractivity contribution in [2.45, 2.75) is 18.9 Å². The van der Waals surface area contributed by atoms with Crippen molar-refractivity contribution in [2.75, 3.05) is 19.7 Å². The van der Waals surface area contributed by atoms with Gasteiger partial charge in [0.2, 0.25) is 5.91 Å². The number of rotatable bonds is 4. The molecule has 1 fully saturated rings. The van der Waals surface area contributed by atoms with E-state index in [4.69, 9.17) is 9.84 Å². The van der Waals surface area contributed by atoms with E-state index in [0.29, 0.717) is 0 Å². The summed E-state index contributed by atoms with van der Waals surface area (Å²) in [5.74, 6) is -3.00. The first-order chi connectivity index (χ1) is 9.97. The minimum atomic E-state index is -1.02. The topological polar surface area (TPSA) is 66.8 Å². The average molecular weight is 299 g/mol. The first-order valence-electron chi connectivity index (χ1n) is 6.51. The van der Waals surface area contributed by atoms with Crippen LogP contribution in [-0.4, -0.2) is 47.7 Å². The number of halogens is 2. The molecular formula is C14H15F2NO4. The van der Waals surface area contributed by atoms with Crippen molar-refractivity contribution >= 4 is 11.9 Å². The van der Waals surface area contributed by atoms with Crippen molar-refractivity contribution in [3.63, 3.8) is 0 Å². The number of carbonyl (C=O) groups is 2. The number of carboxylic acids is 1. The number of hydrogen-bond donors (Lipinski definition) is 1. The van der Waals surface area contributed by atoms with Crippen LogP contribution in [0.3, 0.4) is 0 Å². The molecule has 0 radical (unpaired) electrons. The summed E-state index contributed by atoms with van der Waals surface area (Å²) >= 11 is 0. The van der Waals surface area contributed by atoms with Crippen molar-refractivity contribution in [2.24, 2.45) is 0 Å². The van der Waals surface area contributed by atoms with Crippen molar-refractivity contribution in [1.29, 1.82) is 0 Å². The molecule has 0 spiro atoms. The molecule has 1 heterocycles. The molecule has 0 aromatic heterocycles. The van der Waals surface area contributed by atoms with Crippen molar-refractivity contribution in [3.8, 4) is 0 Å². The third kappa shape index (κ3) is 3.98. The lowest BCUT2D eigenvalue weighted by atomic mass is 10.1. The second-order valence-corrected chi connectivity index (χ2v) is 4.81. The number of morpholine rings is 1. The fourth-order valence-electron chi connectivity index (χ4n) is 2.23. The summed E-state index contributed by atoms with van der Waals surface area (Å²) in [5.41, 5.74) is -0.274. The summed E-state index contributed by atoms with van der Waals surface area (Å²) in [6.07, 6.45) is -1.19. The second kappa shape index (κ2) is 6.62. The number of nitrogens with zero attached hydrogens (tertiary/aromatic N) is 1. The summed E-state index contributed by atoms with van der Waals surface area (Å²) in [7, 11) is 0. The second-order valence-electron chi connectivity index (χ2n) is 4.81. The molecule has 1 aromatic rings.